The molecule has 1 heterocycles. The van der Waals surface area contributed by atoms with Crippen LogP contribution in [0.5, 0.6) is 0 Å². The fourth-order valence-corrected chi connectivity index (χ4v) is 2.88. The normalized spacial score (nSPS) is 10.1. The molecule has 0 spiro atoms. The van der Waals surface area contributed by atoms with Gasteiger partial charge in [0.2, 0.25) is 10.5 Å². The van der Waals surface area contributed by atoms with E-state index in [1.807, 2.05) is 11.5 Å². The van der Waals surface area contributed by atoms with Crippen molar-refractivity contribution in [2.75, 3.05) is 0 Å². The van der Waals surface area contributed by atoms with Crippen LogP contribution in [0.25, 0.3) is 10.2 Å². The molecule has 1 N–H and O–H groups in total. The maximum atomic E-state index is 10.9. The number of thiazole rings is 1. The number of benzene rings is 1. The first kappa shape index (κ1) is 14.8. The van der Waals surface area contributed by atoms with Crippen molar-refractivity contribution in [3.8, 4) is 0 Å². The fraction of sp³-hybridized carbons (Fsp3) is 0.250. The molecule has 1 aromatic carbocycles. The standard InChI is InChI=1S/C12H11NO3S.BrH/c1-8-13(5-2-6-14)10-4-3-9(12(15)16)7-11(10)17-8;/h3-4,6-7H,2,5H2,1H3;1H. The summed E-state index contributed by atoms with van der Waals surface area (Å²) < 4.78 is 2.98. The van der Waals surface area contributed by atoms with Gasteiger partial charge in [-0.05, 0) is 12.1 Å². The fourth-order valence-electron chi connectivity index (χ4n) is 1.80. The van der Waals surface area contributed by atoms with Gasteiger partial charge in [0, 0.05) is 13.0 Å². The summed E-state index contributed by atoms with van der Waals surface area (Å²) in [5.74, 6) is -0.919. The monoisotopic (exact) mass is 329 g/mol. The summed E-state index contributed by atoms with van der Waals surface area (Å²) in [5.41, 5.74) is 1.28. The van der Waals surface area contributed by atoms with Crippen LogP contribution in [0.4, 0.5) is 0 Å². The molecular weight excluding hydrogens is 318 g/mol. The van der Waals surface area contributed by atoms with E-state index in [1.54, 1.807) is 29.5 Å². The summed E-state index contributed by atoms with van der Waals surface area (Å²) in [7, 11) is 0. The highest BCUT2D eigenvalue weighted by atomic mass is 79.9. The van der Waals surface area contributed by atoms with E-state index in [9.17, 15) is 9.59 Å². The summed E-state index contributed by atoms with van der Waals surface area (Å²) in [6, 6.07) is 5.06. The third-order valence-corrected chi connectivity index (χ3v) is 3.67. The Hall–Kier alpha value is -1.27. The van der Waals surface area contributed by atoms with Gasteiger partial charge in [0.25, 0.3) is 0 Å². The molecule has 0 atom stereocenters. The molecule has 2 aromatic rings. The highest BCUT2D eigenvalue weighted by Crippen LogP contribution is 2.21. The minimum atomic E-state index is -0.919. The van der Waals surface area contributed by atoms with Gasteiger partial charge in [-0.3, -0.25) is 0 Å². The maximum Gasteiger partial charge on any atom is 0.335 e. The predicted octanol–water partition coefficient (Wildman–Crippen LogP) is -1.21. The van der Waals surface area contributed by atoms with Crippen molar-refractivity contribution in [3.63, 3.8) is 0 Å². The zero-order chi connectivity index (χ0) is 12.4. The molecule has 0 fully saturated rings. The number of halogens is 1. The molecule has 0 saturated carbocycles. The minimum Gasteiger partial charge on any atom is -1.00 e. The number of fused-ring (bicyclic) bond motifs is 1. The molecule has 2 rings (SSSR count). The lowest BCUT2D eigenvalue weighted by Gasteiger charge is -1.94. The molecule has 4 nitrogen and oxygen atoms in total. The Morgan fingerprint density at radius 3 is 2.83 bits per heavy atom. The zero-order valence-corrected chi connectivity index (χ0v) is 12.1. The molecule has 0 aliphatic rings. The van der Waals surface area contributed by atoms with Crippen LogP contribution < -0.4 is 21.5 Å². The number of aromatic nitrogens is 1. The van der Waals surface area contributed by atoms with Crippen molar-refractivity contribution in [3.05, 3.63) is 28.8 Å². The van der Waals surface area contributed by atoms with Crippen LogP contribution in [-0.2, 0) is 11.3 Å². The maximum absolute atomic E-state index is 10.9. The van der Waals surface area contributed by atoms with Crippen molar-refractivity contribution < 1.29 is 36.2 Å². The smallest absolute Gasteiger partial charge is 0.335 e. The van der Waals surface area contributed by atoms with Crippen LogP contribution in [0.2, 0.25) is 0 Å². The second-order valence-corrected chi connectivity index (χ2v) is 4.95. The predicted molar refractivity (Wildman–Crippen MR) is 64.4 cm³/mol. The van der Waals surface area contributed by atoms with Crippen molar-refractivity contribution in [1.29, 1.82) is 0 Å². The van der Waals surface area contributed by atoms with Crippen molar-refractivity contribution >= 4 is 33.8 Å². The minimum absolute atomic E-state index is 0. The number of hydrogen-bond acceptors (Lipinski definition) is 3. The van der Waals surface area contributed by atoms with Crippen LogP contribution in [0.15, 0.2) is 18.2 Å². The third kappa shape index (κ3) is 2.76. The van der Waals surface area contributed by atoms with E-state index in [1.165, 1.54) is 0 Å². The van der Waals surface area contributed by atoms with E-state index < -0.39 is 5.97 Å². The average Bonchev–Trinajstić information content (AvgIpc) is 2.61. The summed E-state index contributed by atoms with van der Waals surface area (Å²) in [4.78, 5) is 21.3. The first-order chi connectivity index (χ1) is 8.13. The molecule has 6 heteroatoms. The summed E-state index contributed by atoms with van der Waals surface area (Å²) in [6.45, 7) is 2.61. The number of aromatic carboxylic acids is 1. The Balaban J connectivity index is 0.00000162. The third-order valence-electron chi connectivity index (χ3n) is 2.61. The molecule has 0 aliphatic heterocycles. The number of aryl methyl sites for hydroxylation is 2. The molecule has 0 bridgehead atoms. The second kappa shape index (κ2) is 6.06. The number of hydrogen-bond donors (Lipinski definition) is 1. The van der Waals surface area contributed by atoms with E-state index in [-0.39, 0.29) is 17.0 Å². The van der Waals surface area contributed by atoms with Crippen LogP contribution in [-0.4, -0.2) is 17.4 Å². The molecule has 1 aromatic heterocycles. The van der Waals surface area contributed by atoms with Gasteiger partial charge in [0.15, 0.2) is 6.54 Å². The number of carboxylic acid groups (broad SMARTS) is 1. The van der Waals surface area contributed by atoms with Crippen molar-refractivity contribution in [2.24, 2.45) is 0 Å². The molecule has 96 valence electrons. The van der Waals surface area contributed by atoms with Crippen LogP contribution in [0, 0.1) is 6.92 Å². The van der Waals surface area contributed by atoms with Crippen LogP contribution in [0.3, 0.4) is 0 Å². The molecule has 0 amide bonds. The number of carboxylic acids is 1. The largest absolute Gasteiger partial charge is 1.00 e. The number of nitrogens with zero attached hydrogens (tertiary/aromatic N) is 1. The topological polar surface area (TPSA) is 58.2 Å². The highest BCUT2D eigenvalue weighted by molar-refractivity contribution is 7.18. The molecule has 0 aliphatic carbocycles. The summed E-state index contributed by atoms with van der Waals surface area (Å²) >= 11 is 1.54. The lowest BCUT2D eigenvalue weighted by atomic mass is 10.2. The van der Waals surface area contributed by atoms with Gasteiger partial charge < -0.3 is 26.9 Å². The van der Waals surface area contributed by atoms with Gasteiger partial charge in [-0.2, -0.15) is 4.57 Å². The van der Waals surface area contributed by atoms with E-state index in [4.69, 9.17) is 5.11 Å². The van der Waals surface area contributed by atoms with Crippen molar-refractivity contribution in [1.82, 2.24) is 0 Å². The molecule has 18 heavy (non-hydrogen) atoms. The van der Waals surface area contributed by atoms with Gasteiger partial charge >= 0.3 is 5.97 Å². The van der Waals surface area contributed by atoms with Gasteiger partial charge in [0.1, 0.15) is 11.0 Å². The summed E-state index contributed by atoms with van der Waals surface area (Å²) in [5, 5.41) is 9.99. The van der Waals surface area contributed by atoms with Crippen molar-refractivity contribution in [2.45, 2.75) is 19.9 Å². The van der Waals surface area contributed by atoms with Gasteiger partial charge in [0.05, 0.1) is 12.0 Å². The van der Waals surface area contributed by atoms with E-state index in [0.717, 1.165) is 21.5 Å². The highest BCUT2D eigenvalue weighted by Gasteiger charge is 2.17. The Labute approximate surface area is 119 Å². The van der Waals surface area contributed by atoms with Gasteiger partial charge in [-0.25, -0.2) is 4.79 Å². The number of carbonyl (C=O) groups excluding carboxylic acids is 1. The number of carbonyl (C=O) groups is 2. The second-order valence-electron chi connectivity index (χ2n) is 3.72. The van der Waals surface area contributed by atoms with E-state index in [2.05, 4.69) is 0 Å². The quantitative estimate of drug-likeness (QED) is 0.565. The Morgan fingerprint density at radius 1 is 1.50 bits per heavy atom. The lowest BCUT2D eigenvalue weighted by molar-refractivity contribution is -0.671. The lowest BCUT2D eigenvalue weighted by Crippen LogP contribution is -3.00. The van der Waals surface area contributed by atoms with E-state index in [0.29, 0.717) is 18.5 Å². The van der Waals surface area contributed by atoms with E-state index >= 15 is 0 Å². The SMILES string of the molecule is Cc1sc2cc(C(=O)O)ccc2[n+]1CCC=O.[Br-]. The van der Waals surface area contributed by atoms with Gasteiger partial charge in [-0.15, -0.1) is 0 Å². The zero-order valence-electron chi connectivity index (χ0n) is 9.72. The Kier molecular flexibility index (Phi) is 4.98. The first-order valence-electron chi connectivity index (χ1n) is 5.23. The molecule has 0 radical (unpaired) electrons. The molecule has 0 saturated heterocycles. The Morgan fingerprint density at radius 2 is 2.22 bits per heavy atom. The van der Waals surface area contributed by atoms with Crippen LogP contribution in [0.1, 0.15) is 21.8 Å². The Bertz CT molecular complexity index is 594. The molecular formula is C12H12BrNO3S. The van der Waals surface area contributed by atoms with Crippen LogP contribution >= 0.6 is 11.3 Å². The van der Waals surface area contributed by atoms with Gasteiger partial charge in [-0.1, -0.05) is 11.3 Å². The first-order valence-corrected chi connectivity index (χ1v) is 6.05. The average molecular weight is 330 g/mol. The number of aldehydes is 1. The number of rotatable bonds is 4. The summed E-state index contributed by atoms with van der Waals surface area (Å²) in [6.07, 6.45) is 1.36. The molecule has 0 unspecified atom stereocenters.